The molecule has 3 rings (SSSR count). The van der Waals surface area contributed by atoms with Crippen LogP contribution in [0.2, 0.25) is 0 Å². The predicted molar refractivity (Wildman–Crippen MR) is 101 cm³/mol. The quantitative estimate of drug-likeness (QED) is 0.762. The van der Waals surface area contributed by atoms with Gasteiger partial charge < -0.3 is 14.6 Å². The summed E-state index contributed by atoms with van der Waals surface area (Å²) in [6, 6.07) is 13.3. The van der Waals surface area contributed by atoms with Crippen LogP contribution in [0.4, 0.5) is 10.5 Å². The third-order valence-electron chi connectivity index (χ3n) is 3.68. The third-order valence-corrected chi connectivity index (χ3v) is 4.55. The standard InChI is InChI=1S/C19H15NO6S/c1-25-14-8-6-13(7-9-14)20-18(23)16(27-19(20)24)10-12-4-2-3-5-15(12)26-11-17(21)22/h2-10H,11H2,1H3,(H,21,22)/b16-10+. The molecule has 0 radical (unpaired) electrons. The molecule has 1 aliphatic rings. The monoisotopic (exact) mass is 385 g/mol. The van der Waals surface area contributed by atoms with E-state index in [1.54, 1.807) is 48.5 Å². The van der Waals surface area contributed by atoms with Crippen LogP contribution in [-0.2, 0) is 9.59 Å². The number of hydrogen-bond donors (Lipinski definition) is 1. The molecule has 2 amide bonds. The lowest BCUT2D eigenvalue weighted by Gasteiger charge is -2.12. The van der Waals surface area contributed by atoms with Gasteiger partial charge in [-0.05, 0) is 48.2 Å². The summed E-state index contributed by atoms with van der Waals surface area (Å²) in [5, 5.41) is 8.35. The van der Waals surface area contributed by atoms with Gasteiger partial charge in [0.05, 0.1) is 17.7 Å². The number of nitrogens with zero attached hydrogens (tertiary/aromatic N) is 1. The SMILES string of the molecule is COc1ccc(N2C(=O)S/C(=C/c3ccccc3OCC(=O)O)C2=O)cc1. The minimum absolute atomic E-state index is 0.224. The van der Waals surface area contributed by atoms with E-state index in [-0.39, 0.29) is 4.91 Å². The Labute approximate surface area is 159 Å². The number of carbonyl (C=O) groups is 3. The number of thioether (sulfide) groups is 1. The second kappa shape index (κ2) is 7.96. The summed E-state index contributed by atoms with van der Waals surface area (Å²) in [5.74, 6) is -0.630. The maximum Gasteiger partial charge on any atom is 0.341 e. The summed E-state index contributed by atoms with van der Waals surface area (Å²) in [7, 11) is 1.53. The number of amides is 2. The lowest BCUT2D eigenvalue weighted by Crippen LogP contribution is -2.27. The summed E-state index contributed by atoms with van der Waals surface area (Å²) in [6.07, 6.45) is 1.52. The van der Waals surface area contributed by atoms with Crippen LogP contribution in [0.1, 0.15) is 5.56 Å². The van der Waals surface area contributed by atoms with Gasteiger partial charge in [0.15, 0.2) is 6.61 Å². The van der Waals surface area contributed by atoms with Crippen LogP contribution in [0.3, 0.4) is 0 Å². The number of carboxylic acid groups (broad SMARTS) is 1. The van der Waals surface area contributed by atoms with Gasteiger partial charge in [0.1, 0.15) is 11.5 Å². The summed E-state index contributed by atoms with van der Waals surface area (Å²) in [6.45, 7) is -0.502. The van der Waals surface area contributed by atoms with Crippen LogP contribution in [0.25, 0.3) is 6.08 Å². The Morgan fingerprint density at radius 2 is 1.85 bits per heavy atom. The van der Waals surface area contributed by atoms with Crippen LogP contribution in [0.5, 0.6) is 11.5 Å². The Kier molecular flexibility index (Phi) is 5.46. The van der Waals surface area contributed by atoms with Gasteiger partial charge >= 0.3 is 5.97 Å². The van der Waals surface area contributed by atoms with E-state index >= 15 is 0 Å². The fraction of sp³-hybridized carbons (Fsp3) is 0.105. The van der Waals surface area contributed by atoms with Gasteiger partial charge in [-0.3, -0.25) is 9.59 Å². The van der Waals surface area contributed by atoms with Crippen molar-refractivity contribution in [3.63, 3.8) is 0 Å². The normalized spacial score (nSPS) is 15.3. The van der Waals surface area contributed by atoms with Crippen molar-refractivity contribution in [1.82, 2.24) is 0 Å². The number of para-hydroxylation sites is 1. The van der Waals surface area contributed by atoms with Crippen LogP contribution >= 0.6 is 11.8 Å². The highest BCUT2D eigenvalue weighted by Crippen LogP contribution is 2.37. The molecule has 0 bridgehead atoms. The number of ether oxygens (including phenoxy) is 2. The van der Waals surface area contributed by atoms with E-state index in [2.05, 4.69) is 0 Å². The maximum atomic E-state index is 12.7. The van der Waals surface area contributed by atoms with Crippen molar-refractivity contribution >= 4 is 40.6 Å². The lowest BCUT2D eigenvalue weighted by atomic mass is 10.2. The molecule has 0 atom stereocenters. The fourth-order valence-electron chi connectivity index (χ4n) is 2.43. The summed E-state index contributed by atoms with van der Waals surface area (Å²) >= 11 is 0.810. The first-order chi connectivity index (χ1) is 13.0. The van der Waals surface area contributed by atoms with Crippen molar-refractivity contribution in [1.29, 1.82) is 0 Å². The Balaban J connectivity index is 1.87. The van der Waals surface area contributed by atoms with Crippen molar-refractivity contribution in [3.05, 3.63) is 59.0 Å². The smallest absolute Gasteiger partial charge is 0.341 e. The van der Waals surface area contributed by atoms with E-state index in [1.807, 2.05) is 0 Å². The topological polar surface area (TPSA) is 93.1 Å². The molecule has 2 aromatic rings. The van der Waals surface area contributed by atoms with E-state index in [0.29, 0.717) is 22.7 Å². The molecule has 1 N–H and O–H groups in total. The van der Waals surface area contributed by atoms with Crippen LogP contribution < -0.4 is 14.4 Å². The first kappa shape index (κ1) is 18.5. The molecule has 8 heteroatoms. The van der Waals surface area contributed by atoms with Crippen molar-refractivity contribution in [2.45, 2.75) is 0 Å². The predicted octanol–water partition coefficient (Wildman–Crippen LogP) is 3.40. The number of hydrogen-bond acceptors (Lipinski definition) is 6. The number of rotatable bonds is 6. The second-order valence-electron chi connectivity index (χ2n) is 5.44. The van der Waals surface area contributed by atoms with Crippen molar-refractivity contribution in [2.24, 2.45) is 0 Å². The Morgan fingerprint density at radius 1 is 1.15 bits per heavy atom. The van der Waals surface area contributed by atoms with Crippen molar-refractivity contribution in [3.8, 4) is 11.5 Å². The number of imide groups is 1. The molecule has 1 fully saturated rings. The summed E-state index contributed by atoms with van der Waals surface area (Å²) in [5.41, 5.74) is 0.955. The van der Waals surface area contributed by atoms with Gasteiger partial charge in [-0.25, -0.2) is 9.69 Å². The first-order valence-electron chi connectivity index (χ1n) is 7.85. The summed E-state index contributed by atoms with van der Waals surface area (Å²) in [4.78, 5) is 37.0. The molecule has 138 valence electrons. The number of carboxylic acids is 1. The minimum atomic E-state index is -1.11. The van der Waals surface area contributed by atoms with Gasteiger partial charge in [-0.15, -0.1) is 0 Å². The lowest BCUT2D eigenvalue weighted by molar-refractivity contribution is -0.139. The Morgan fingerprint density at radius 3 is 2.52 bits per heavy atom. The number of benzene rings is 2. The van der Waals surface area contributed by atoms with Crippen molar-refractivity contribution < 1.29 is 29.0 Å². The number of anilines is 1. The molecule has 1 aliphatic heterocycles. The second-order valence-corrected chi connectivity index (χ2v) is 6.43. The van der Waals surface area contributed by atoms with E-state index in [4.69, 9.17) is 14.6 Å². The molecule has 0 aromatic heterocycles. The molecule has 1 heterocycles. The molecule has 2 aromatic carbocycles. The van der Waals surface area contributed by atoms with Gasteiger partial charge in [0.25, 0.3) is 11.1 Å². The molecule has 0 unspecified atom stereocenters. The molecule has 7 nitrogen and oxygen atoms in total. The zero-order valence-electron chi connectivity index (χ0n) is 14.2. The molecule has 0 saturated carbocycles. The van der Waals surface area contributed by atoms with E-state index in [9.17, 15) is 14.4 Å². The molecule has 27 heavy (non-hydrogen) atoms. The maximum absolute atomic E-state index is 12.7. The van der Waals surface area contributed by atoms with Crippen LogP contribution in [0, 0.1) is 0 Å². The van der Waals surface area contributed by atoms with Crippen LogP contribution in [0.15, 0.2) is 53.4 Å². The number of aliphatic carboxylic acids is 1. The highest BCUT2D eigenvalue weighted by atomic mass is 32.2. The van der Waals surface area contributed by atoms with Crippen LogP contribution in [-0.4, -0.2) is 35.9 Å². The Hall–Kier alpha value is -3.26. The van der Waals surface area contributed by atoms with Gasteiger partial charge in [0.2, 0.25) is 0 Å². The number of carbonyl (C=O) groups excluding carboxylic acids is 2. The Bertz CT molecular complexity index is 922. The average Bonchev–Trinajstić information content (AvgIpc) is 2.94. The highest BCUT2D eigenvalue weighted by molar-refractivity contribution is 8.19. The third kappa shape index (κ3) is 4.12. The van der Waals surface area contributed by atoms with E-state index < -0.39 is 23.7 Å². The summed E-state index contributed by atoms with van der Waals surface area (Å²) < 4.78 is 10.3. The molecular formula is C19H15NO6S. The average molecular weight is 385 g/mol. The zero-order chi connectivity index (χ0) is 19.4. The first-order valence-corrected chi connectivity index (χ1v) is 8.67. The van der Waals surface area contributed by atoms with Gasteiger partial charge in [-0.2, -0.15) is 0 Å². The highest BCUT2D eigenvalue weighted by Gasteiger charge is 2.36. The minimum Gasteiger partial charge on any atom is -0.497 e. The zero-order valence-corrected chi connectivity index (χ0v) is 15.1. The van der Waals surface area contributed by atoms with Gasteiger partial charge in [-0.1, -0.05) is 18.2 Å². The van der Waals surface area contributed by atoms with Crippen molar-refractivity contribution in [2.75, 3.05) is 18.6 Å². The molecular weight excluding hydrogens is 370 g/mol. The van der Waals surface area contributed by atoms with E-state index in [1.165, 1.54) is 13.2 Å². The number of methoxy groups -OCH3 is 1. The molecule has 1 saturated heterocycles. The van der Waals surface area contributed by atoms with E-state index in [0.717, 1.165) is 16.7 Å². The fourth-order valence-corrected chi connectivity index (χ4v) is 3.27. The molecule has 0 aliphatic carbocycles. The largest absolute Gasteiger partial charge is 0.497 e. The molecule has 0 spiro atoms. The van der Waals surface area contributed by atoms with Gasteiger partial charge in [0, 0.05) is 5.56 Å².